The highest BCUT2D eigenvalue weighted by molar-refractivity contribution is 6.62. The quantitative estimate of drug-likeness (QED) is 0.684. The first-order chi connectivity index (χ1) is 12.7. The van der Waals surface area contributed by atoms with E-state index in [1.54, 1.807) is 14.2 Å². The van der Waals surface area contributed by atoms with Crippen LogP contribution in [0.3, 0.4) is 0 Å². The summed E-state index contributed by atoms with van der Waals surface area (Å²) in [6.45, 7) is 9.77. The van der Waals surface area contributed by atoms with E-state index in [9.17, 15) is 4.79 Å². The lowest BCUT2D eigenvalue weighted by Crippen LogP contribution is -2.41. The third-order valence-corrected chi connectivity index (χ3v) is 5.96. The number of carbonyl (C=O) groups excluding carboxylic acids is 1. The van der Waals surface area contributed by atoms with Crippen LogP contribution in [0.15, 0.2) is 18.2 Å². The Morgan fingerprint density at radius 3 is 2.30 bits per heavy atom. The van der Waals surface area contributed by atoms with E-state index in [1.807, 2.05) is 50.8 Å². The van der Waals surface area contributed by atoms with Crippen molar-refractivity contribution in [2.45, 2.75) is 51.4 Å². The predicted molar refractivity (Wildman–Crippen MR) is 104 cm³/mol. The summed E-state index contributed by atoms with van der Waals surface area (Å²) in [6, 6.07) is 5.97. The topological polar surface area (TPSA) is 57.2 Å². The molecule has 0 bridgehead atoms. The first-order valence-electron chi connectivity index (χ1n) is 9.50. The Morgan fingerprint density at radius 1 is 1.07 bits per heavy atom. The van der Waals surface area contributed by atoms with E-state index in [-0.39, 0.29) is 11.9 Å². The predicted octanol–water partition coefficient (Wildman–Crippen LogP) is 2.17. The molecule has 2 aliphatic rings. The molecular weight excluding hydrogens is 345 g/mol. The van der Waals surface area contributed by atoms with E-state index < -0.39 is 18.3 Å². The second-order valence-electron chi connectivity index (χ2n) is 8.22. The lowest BCUT2D eigenvalue weighted by Gasteiger charge is -2.32. The summed E-state index contributed by atoms with van der Waals surface area (Å²) in [6.07, 6.45) is 0.759. The molecule has 6 nitrogen and oxygen atoms in total. The monoisotopic (exact) mass is 375 g/mol. The second kappa shape index (κ2) is 7.55. The van der Waals surface area contributed by atoms with Crippen LogP contribution < -0.4 is 5.46 Å². The van der Waals surface area contributed by atoms with Crippen molar-refractivity contribution in [3.8, 4) is 0 Å². The van der Waals surface area contributed by atoms with Gasteiger partial charge in [0.25, 0.3) is 5.91 Å². The van der Waals surface area contributed by atoms with Crippen molar-refractivity contribution >= 4 is 18.5 Å². The number of hydrogen-bond acceptors (Lipinski definition) is 5. The van der Waals surface area contributed by atoms with Gasteiger partial charge in [-0.05, 0) is 51.2 Å². The summed E-state index contributed by atoms with van der Waals surface area (Å²) in [5.41, 5.74) is 1.81. The zero-order valence-electron chi connectivity index (χ0n) is 17.2. The average molecular weight is 375 g/mol. The van der Waals surface area contributed by atoms with Gasteiger partial charge in [0, 0.05) is 32.9 Å². The first-order valence-corrected chi connectivity index (χ1v) is 9.50. The number of ether oxygens (including phenoxy) is 2. The Balaban J connectivity index is 1.89. The number of rotatable bonds is 7. The summed E-state index contributed by atoms with van der Waals surface area (Å²) in [4.78, 5) is 14.9. The third-order valence-electron chi connectivity index (χ3n) is 5.96. The summed E-state index contributed by atoms with van der Waals surface area (Å²) in [5.74, 6) is 0.0292. The van der Waals surface area contributed by atoms with Crippen molar-refractivity contribution < 1.29 is 23.6 Å². The first kappa shape index (κ1) is 20.3. The van der Waals surface area contributed by atoms with E-state index in [0.29, 0.717) is 19.8 Å². The number of hydrogen-bond donors (Lipinski definition) is 0. The van der Waals surface area contributed by atoms with Crippen LogP contribution in [0.1, 0.15) is 56.1 Å². The molecule has 1 amide bonds. The summed E-state index contributed by atoms with van der Waals surface area (Å²) in [7, 11) is 2.85. The number of methoxy groups -OCH3 is 2. The number of benzene rings is 1. The maximum atomic E-state index is 13.0. The van der Waals surface area contributed by atoms with E-state index in [2.05, 4.69) is 0 Å². The second-order valence-corrected chi connectivity index (χ2v) is 8.22. The maximum Gasteiger partial charge on any atom is 0.494 e. The van der Waals surface area contributed by atoms with E-state index in [4.69, 9.17) is 18.8 Å². The molecule has 2 aliphatic heterocycles. The van der Waals surface area contributed by atoms with Gasteiger partial charge in [-0.3, -0.25) is 4.79 Å². The van der Waals surface area contributed by atoms with Gasteiger partial charge in [0.15, 0.2) is 0 Å². The van der Waals surface area contributed by atoms with Crippen LogP contribution in [-0.4, -0.2) is 63.1 Å². The van der Waals surface area contributed by atoms with Crippen molar-refractivity contribution in [1.82, 2.24) is 4.90 Å². The molecule has 3 rings (SSSR count). The molecule has 1 unspecified atom stereocenters. The molecule has 1 saturated heterocycles. The highest BCUT2D eigenvalue weighted by Gasteiger charge is 2.52. The Morgan fingerprint density at radius 2 is 1.70 bits per heavy atom. The summed E-state index contributed by atoms with van der Waals surface area (Å²) >= 11 is 0. The standard InChI is InChI=1S/C20H30BNO5/c1-19(2)20(3,4)27-21(26-19)14-7-8-15-16(13-14)18(23)22(10-12-25-6)17(15)9-11-24-5/h7-8,13,17H,9-12H2,1-6H3. The molecule has 0 saturated carbocycles. The smallest absolute Gasteiger partial charge is 0.399 e. The number of nitrogens with zero attached hydrogens (tertiary/aromatic N) is 1. The largest absolute Gasteiger partial charge is 0.494 e. The lowest BCUT2D eigenvalue weighted by molar-refractivity contribution is 0.00578. The van der Waals surface area contributed by atoms with Crippen molar-refractivity contribution in [3.63, 3.8) is 0 Å². The van der Waals surface area contributed by atoms with Crippen LogP contribution in [-0.2, 0) is 18.8 Å². The van der Waals surface area contributed by atoms with Crippen molar-refractivity contribution in [3.05, 3.63) is 29.3 Å². The normalized spacial score (nSPS) is 23.2. The van der Waals surface area contributed by atoms with Gasteiger partial charge < -0.3 is 23.7 Å². The minimum Gasteiger partial charge on any atom is -0.399 e. The molecule has 7 heteroatoms. The average Bonchev–Trinajstić information content (AvgIpc) is 3.00. The van der Waals surface area contributed by atoms with Crippen LogP contribution in [0.2, 0.25) is 0 Å². The van der Waals surface area contributed by atoms with E-state index in [0.717, 1.165) is 23.0 Å². The van der Waals surface area contributed by atoms with Gasteiger partial charge in [-0.2, -0.15) is 0 Å². The van der Waals surface area contributed by atoms with Crippen LogP contribution in [0.4, 0.5) is 0 Å². The van der Waals surface area contributed by atoms with Gasteiger partial charge >= 0.3 is 7.12 Å². The zero-order chi connectivity index (χ0) is 19.8. The number of amides is 1. The van der Waals surface area contributed by atoms with Gasteiger partial charge in [0.05, 0.1) is 23.9 Å². The van der Waals surface area contributed by atoms with Crippen LogP contribution in [0.5, 0.6) is 0 Å². The SMILES string of the molecule is COCCC1c2ccc(B3OC(C)(C)C(C)(C)O3)cc2C(=O)N1CCOC. The summed E-state index contributed by atoms with van der Waals surface area (Å²) < 4.78 is 22.7. The minimum absolute atomic E-state index is 0.00921. The van der Waals surface area contributed by atoms with E-state index >= 15 is 0 Å². The highest BCUT2D eigenvalue weighted by Crippen LogP contribution is 2.38. The van der Waals surface area contributed by atoms with Gasteiger partial charge in [-0.1, -0.05) is 12.1 Å². The number of fused-ring (bicyclic) bond motifs is 1. The van der Waals surface area contributed by atoms with Crippen molar-refractivity contribution in [1.29, 1.82) is 0 Å². The lowest BCUT2D eigenvalue weighted by atomic mass is 9.77. The van der Waals surface area contributed by atoms with Crippen molar-refractivity contribution in [2.24, 2.45) is 0 Å². The van der Waals surface area contributed by atoms with Gasteiger partial charge in [-0.15, -0.1) is 0 Å². The molecule has 0 N–H and O–H groups in total. The molecule has 2 heterocycles. The zero-order valence-corrected chi connectivity index (χ0v) is 17.2. The van der Waals surface area contributed by atoms with E-state index in [1.165, 1.54) is 0 Å². The van der Waals surface area contributed by atoms with Gasteiger partial charge in [-0.25, -0.2) is 0 Å². The Bertz CT molecular complexity index is 690. The summed E-state index contributed by atoms with van der Waals surface area (Å²) in [5, 5.41) is 0. The molecule has 1 aromatic rings. The molecular formula is C20H30BNO5. The fraction of sp³-hybridized carbons (Fsp3) is 0.650. The van der Waals surface area contributed by atoms with Crippen molar-refractivity contribution in [2.75, 3.05) is 34.0 Å². The van der Waals surface area contributed by atoms with Crippen LogP contribution in [0.25, 0.3) is 0 Å². The highest BCUT2D eigenvalue weighted by atomic mass is 16.7. The molecule has 0 spiro atoms. The molecule has 27 heavy (non-hydrogen) atoms. The Kier molecular flexibility index (Phi) is 5.68. The molecule has 0 aliphatic carbocycles. The maximum absolute atomic E-state index is 13.0. The Labute approximate surface area is 162 Å². The molecule has 1 fully saturated rings. The van der Waals surface area contributed by atoms with Gasteiger partial charge in [0.2, 0.25) is 0 Å². The molecule has 0 aromatic heterocycles. The van der Waals surface area contributed by atoms with Crippen LogP contribution >= 0.6 is 0 Å². The fourth-order valence-electron chi connectivity index (χ4n) is 3.63. The third kappa shape index (κ3) is 3.66. The molecule has 0 radical (unpaired) electrons. The fourth-order valence-corrected chi connectivity index (χ4v) is 3.63. The molecule has 148 valence electrons. The minimum atomic E-state index is -0.474. The number of carbonyl (C=O) groups is 1. The van der Waals surface area contributed by atoms with Crippen LogP contribution in [0, 0.1) is 0 Å². The Hall–Kier alpha value is -1.41. The molecule has 1 atom stereocenters. The molecule has 1 aromatic carbocycles. The van der Waals surface area contributed by atoms with Gasteiger partial charge in [0.1, 0.15) is 0 Å².